The molecule has 0 aromatic heterocycles. The maximum Gasteiger partial charge on any atom is 0.00993 e. The second-order valence-electron chi connectivity index (χ2n) is 5.69. The maximum absolute atomic E-state index is 5.64. The molecule has 0 saturated heterocycles. The summed E-state index contributed by atoms with van der Waals surface area (Å²) in [6.45, 7) is 4.45. The summed E-state index contributed by atoms with van der Waals surface area (Å²) < 4.78 is 0. The third-order valence-electron chi connectivity index (χ3n) is 4.50. The fourth-order valence-corrected chi connectivity index (χ4v) is 3.23. The van der Waals surface area contributed by atoms with Crippen molar-refractivity contribution in [2.45, 2.75) is 70.4 Å². The third kappa shape index (κ3) is 3.21. The van der Waals surface area contributed by atoms with Crippen LogP contribution in [0.4, 0.5) is 0 Å². The monoisotopic (exact) mass is 224 g/mol. The van der Waals surface area contributed by atoms with E-state index in [1.54, 1.807) is 0 Å². The summed E-state index contributed by atoms with van der Waals surface area (Å²) >= 11 is 0. The highest BCUT2D eigenvalue weighted by Gasteiger charge is 2.34. The van der Waals surface area contributed by atoms with Crippen molar-refractivity contribution in [2.75, 3.05) is 13.1 Å². The molecule has 2 aliphatic carbocycles. The van der Waals surface area contributed by atoms with Crippen molar-refractivity contribution in [3.05, 3.63) is 0 Å². The molecule has 2 saturated carbocycles. The molecule has 2 nitrogen and oxygen atoms in total. The van der Waals surface area contributed by atoms with Gasteiger partial charge >= 0.3 is 0 Å². The van der Waals surface area contributed by atoms with Gasteiger partial charge in [0.15, 0.2) is 0 Å². The van der Waals surface area contributed by atoms with Gasteiger partial charge in [-0.1, -0.05) is 13.3 Å². The Balaban J connectivity index is 1.79. The van der Waals surface area contributed by atoms with Crippen molar-refractivity contribution in [3.8, 4) is 0 Å². The first-order chi connectivity index (χ1) is 7.85. The van der Waals surface area contributed by atoms with Gasteiger partial charge in [0.1, 0.15) is 0 Å². The Bertz CT molecular complexity index is 193. The van der Waals surface area contributed by atoms with Crippen molar-refractivity contribution < 1.29 is 0 Å². The van der Waals surface area contributed by atoms with Crippen LogP contribution in [0.2, 0.25) is 0 Å². The van der Waals surface area contributed by atoms with Crippen LogP contribution < -0.4 is 5.73 Å². The number of rotatable bonds is 6. The molecule has 2 fully saturated rings. The Morgan fingerprint density at radius 1 is 1.00 bits per heavy atom. The van der Waals surface area contributed by atoms with Gasteiger partial charge in [-0.05, 0) is 64.0 Å². The van der Waals surface area contributed by atoms with E-state index in [4.69, 9.17) is 5.73 Å². The quantitative estimate of drug-likeness (QED) is 0.751. The van der Waals surface area contributed by atoms with Gasteiger partial charge < -0.3 is 5.73 Å². The summed E-state index contributed by atoms with van der Waals surface area (Å²) in [7, 11) is 0. The first-order valence-electron chi connectivity index (χ1n) is 7.31. The van der Waals surface area contributed by atoms with Crippen LogP contribution in [0.3, 0.4) is 0 Å². The first-order valence-corrected chi connectivity index (χ1v) is 7.31. The Kier molecular flexibility index (Phi) is 4.66. The average Bonchev–Trinajstić information content (AvgIpc) is 3.15. The summed E-state index contributed by atoms with van der Waals surface area (Å²) in [5.74, 6) is 1.02. The van der Waals surface area contributed by atoms with Gasteiger partial charge in [-0.2, -0.15) is 0 Å². The van der Waals surface area contributed by atoms with E-state index in [0.29, 0.717) is 0 Å². The zero-order valence-electron chi connectivity index (χ0n) is 10.8. The van der Waals surface area contributed by atoms with Gasteiger partial charge in [-0.3, -0.25) is 4.90 Å². The Hall–Kier alpha value is -0.0800. The first kappa shape index (κ1) is 12.4. The van der Waals surface area contributed by atoms with Crippen LogP contribution in [-0.2, 0) is 0 Å². The fourth-order valence-electron chi connectivity index (χ4n) is 3.23. The summed E-state index contributed by atoms with van der Waals surface area (Å²) in [4.78, 5) is 2.79. The number of hydrogen-bond acceptors (Lipinski definition) is 2. The highest BCUT2D eigenvalue weighted by Crippen LogP contribution is 2.35. The van der Waals surface area contributed by atoms with E-state index in [1.165, 1.54) is 57.9 Å². The van der Waals surface area contributed by atoms with Gasteiger partial charge in [-0.15, -0.1) is 0 Å². The van der Waals surface area contributed by atoms with E-state index < -0.39 is 0 Å². The molecule has 0 aromatic carbocycles. The largest absolute Gasteiger partial charge is 0.330 e. The van der Waals surface area contributed by atoms with Crippen molar-refractivity contribution in [1.82, 2.24) is 4.90 Å². The lowest BCUT2D eigenvalue weighted by Crippen LogP contribution is -2.40. The second-order valence-corrected chi connectivity index (χ2v) is 5.69. The van der Waals surface area contributed by atoms with Gasteiger partial charge in [0, 0.05) is 12.1 Å². The number of nitrogens with two attached hydrogens (primary N) is 1. The van der Waals surface area contributed by atoms with E-state index in [1.807, 2.05) is 0 Å². The van der Waals surface area contributed by atoms with E-state index in [0.717, 1.165) is 24.5 Å². The molecule has 2 heteroatoms. The van der Waals surface area contributed by atoms with Gasteiger partial charge in [0.25, 0.3) is 0 Å². The summed E-state index contributed by atoms with van der Waals surface area (Å²) in [6, 6.07) is 1.82. The lowest BCUT2D eigenvalue weighted by Gasteiger charge is -2.37. The molecule has 0 radical (unpaired) electrons. The molecule has 2 N–H and O–H groups in total. The van der Waals surface area contributed by atoms with Gasteiger partial charge in [0.2, 0.25) is 0 Å². The molecule has 0 aliphatic heterocycles. The standard InChI is InChI=1S/C14H28N2/c1-2-12-4-6-13(7-5-12)16(11-3-10-15)14-8-9-14/h12-14H,2-11,15H2,1H3. The second kappa shape index (κ2) is 6.02. The van der Waals surface area contributed by atoms with Gasteiger partial charge in [-0.25, -0.2) is 0 Å². The van der Waals surface area contributed by atoms with E-state index >= 15 is 0 Å². The van der Waals surface area contributed by atoms with E-state index in [2.05, 4.69) is 11.8 Å². The normalized spacial score (nSPS) is 30.9. The minimum Gasteiger partial charge on any atom is -0.330 e. The van der Waals surface area contributed by atoms with Crippen LogP contribution in [0, 0.1) is 5.92 Å². The molecule has 0 bridgehead atoms. The van der Waals surface area contributed by atoms with E-state index in [-0.39, 0.29) is 0 Å². The Morgan fingerprint density at radius 3 is 2.00 bits per heavy atom. The van der Waals surface area contributed by atoms with Crippen molar-refractivity contribution >= 4 is 0 Å². The molecular formula is C14H28N2. The van der Waals surface area contributed by atoms with Crippen LogP contribution in [0.25, 0.3) is 0 Å². The molecule has 0 amide bonds. The minimum atomic E-state index is 0.855. The van der Waals surface area contributed by atoms with Gasteiger partial charge in [0.05, 0.1) is 0 Å². The predicted octanol–water partition coefficient (Wildman–Crippen LogP) is 2.77. The summed E-state index contributed by atoms with van der Waals surface area (Å²) in [5, 5.41) is 0. The topological polar surface area (TPSA) is 29.3 Å². The van der Waals surface area contributed by atoms with Crippen molar-refractivity contribution in [3.63, 3.8) is 0 Å². The lowest BCUT2D eigenvalue weighted by atomic mass is 9.84. The average molecular weight is 224 g/mol. The molecular weight excluding hydrogens is 196 g/mol. The van der Waals surface area contributed by atoms with E-state index in [9.17, 15) is 0 Å². The van der Waals surface area contributed by atoms with Crippen LogP contribution in [0.15, 0.2) is 0 Å². The predicted molar refractivity (Wildman–Crippen MR) is 69.4 cm³/mol. The van der Waals surface area contributed by atoms with Crippen LogP contribution in [0.5, 0.6) is 0 Å². The molecule has 2 aliphatic rings. The molecule has 0 aromatic rings. The molecule has 0 heterocycles. The smallest absolute Gasteiger partial charge is 0.00993 e. The summed E-state index contributed by atoms with van der Waals surface area (Å²) in [5.41, 5.74) is 5.64. The molecule has 0 spiro atoms. The minimum absolute atomic E-state index is 0.855. The zero-order chi connectivity index (χ0) is 11.4. The highest BCUT2D eigenvalue weighted by atomic mass is 15.2. The molecule has 2 rings (SSSR count). The highest BCUT2D eigenvalue weighted by molar-refractivity contribution is 4.90. The van der Waals surface area contributed by atoms with Crippen molar-refractivity contribution in [2.24, 2.45) is 11.7 Å². The third-order valence-corrected chi connectivity index (χ3v) is 4.50. The lowest BCUT2D eigenvalue weighted by molar-refractivity contribution is 0.126. The fraction of sp³-hybridized carbons (Fsp3) is 1.00. The van der Waals surface area contributed by atoms with Crippen molar-refractivity contribution in [1.29, 1.82) is 0 Å². The number of hydrogen-bond donors (Lipinski definition) is 1. The zero-order valence-corrected chi connectivity index (χ0v) is 10.8. The SMILES string of the molecule is CCC1CCC(N(CCCN)C2CC2)CC1. The molecule has 94 valence electrons. The summed E-state index contributed by atoms with van der Waals surface area (Å²) in [6.07, 6.45) is 11.3. The Morgan fingerprint density at radius 2 is 1.56 bits per heavy atom. The van der Waals surface area contributed by atoms with Crippen LogP contribution in [0.1, 0.15) is 58.3 Å². The maximum atomic E-state index is 5.64. The molecule has 16 heavy (non-hydrogen) atoms. The number of nitrogens with zero attached hydrogens (tertiary/aromatic N) is 1. The van der Waals surface area contributed by atoms with Crippen LogP contribution >= 0.6 is 0 Å². The van der Waals surface area contributed by atoms with Crippen LogP contribution in [-0.4, -0.2) is 30.1 Å². The molecule has 0 unspecified atom stereocenters. The Labute approximate surface area is 101 Å². The molecule has 0 atom stereocenters.